The van der Waals surface area contributed by atoms with Crippen LogP contribution in [0.3, 0.4) is 0 Å². The number of nitrogens with one attached hydrogen (secondary N) is 1. The third kappa shape index (κ3) is 4.95. The molecule has 4 nitrogen and oxygen atoms in total. The zero-order valence-corrected chi connectivity index (χ0v) is 14.4. The summed E-state index contributed by atoms with van der Waals surface area (Å²) in [6, 6.07) is 8.30. The number of benzene rings is 1. The van der Waals surface area contributed by atoms with Crippen molar-refractivity contribution in [1.82, 2.24) is 14.9 Å². The first-order valence-electron chi connectivity index (χ1n) is 8.46. The van der Waals surface area contributed by atoms with E-state index in [0.717, 1.165) is 37.1 Å². The van der Waals surface area contributed by atoms with E-state index in [2.05, 4.69) is 41.9 Å². The number of imidazole rings is 1. The molecule has 0 aliphatic carbocycles. The summed E-state index contributed by atoms with van der Waals surface area (Å²) >= 11 is 0. The average Bonchev–Trinajstić information content (AvgIpc) is 2.87. The van der Waals surface area contributed by atoms with E-state index in [1.807, 2.05) is 13.0 Å². The van der Waals surface area contributed by atoms with E-state index in [1.165, 1.54) is 5.52 Å². The number of rotatable bonds is 8. The molecule has 0 spiro atoms. The Balaban J connectivity index is 2.03. The lowest BCUT2D eigenvalue weighted by atomic mass is 10.1. The smallest absolute Gasteiger partial charge is 0.243 e. The quantitative estimate of drug-likeness (QED) is 0.596. The summed E-state index contributed by atoms with van der Waals surface area (Å²) in [6.07, 6.45) is 6.22. The normalized spacial score (nSPS) is 11.7. The number of aryl methyl sites for hydroxylation is 2. The van der Waals surface area contributed by atoms with Crippen LogP contribution in [0.5, 0.6) is 0 Å². The number of allylic oxidation sites excluding steroid dienone is 1. The molecule has 1 aromatic carbocycles. The lowest BCUT2D eigenvalue weighted by molar-refractivity contribution is -0.116. The number of para-hydroxylation sites is 2. The zero-order valence-electron chi connectivity index (χ0n) is 14.4. The molecule has 0 atom stereocenters. The van der Waals surface area contributed by atoms with Gasteiger partial charge in [-0.05, 0) is 43.9 Å². The summed E-state index contributed by atoms with van der Waals surface area (Å²) in [4.78, 5) is 16.2. The molecule has 2 aromatic rings. The monoisotopic (exact) mass is 313 g/mol. The van der Waals surface area contributed by atoms with Gasteiger partial charge in [-0.2, -0.15) is 0 Å². The minimum atomic E-state index is -0.0270. The fourth-order valence-electron chi connectivity index (χ4n) is 2.62. The molecule has 4 heteroatoms. The maximum absolute atomic E-state index is 11.4. The predicted octanol–water partition coefficient (Wildman–Crippen LogP) is 3.71. The van der Waals surface area contributed by atoms with Crippen LogP contribution < -0.4 is 5.32 Å². The van der Waals surface area contributed by atoms with Gasteiger partial charge in [-0.3, -0.25) is 4.79 Å². The summed E-state index contributed by atoms with van der Waals surface area (Å²) in [6.45, 7) is 8.01. The molecular formula is C19H27N3O. The van der Waals surface area contributed by atoms with Gasteiger partial charge in [-0.15, -0.1) is 0 Å². The van der Waals surface area contributed by atoms with Crippen molar-refractivity contribution in [3.63, 3.8) is 0 Å². The number of carbonyl (C=O) groups excluding carboxylic acids is 1. The van der Waals surface area contributed by atoms with Crippen molar-refractivity contribution >= 4 is 16.9 Å². The molecule has 0 saturated carbocycles. The summed E-state index contributed by atoms with van der Waals surface area (Å²) in [5.74, 6) is 1.76. The summed E-state index contributed by atoms with van der Waals surface area (Å²) in [7, 11) is 0. The highest BCUT2D eigenvalue weighted by Gasteiger charge is 2.10. The van der Waals surface area contributed by atoms with Crippen LogP contribution in [-0.2, 0) is 17.8 Å². The van der Waals surface area contributed by atoms with Gasteiger partial charge in [0.2, 0.25) is 5.91 Å². The molecule has 1 heterocycles. The number of carbonyl (C=O) groups is 1. The Kier molecular flexibility index (Phi) is 6.39. The van der Waals surface area contributed by atoms with Gasteiger partial charge in [0.1, 0.15) is 5.82 Å². The van der Waals surface area contributed by atoms with Crippen molar-refractivity contribution in [2.45, 2.75) is 46.6 Å². The van der Waals surface area contributed by atoms with Crippen molar-refractivity contribution in [3.8, 4) is 0 Å². The van der Waals surface area contributed by atoms with Crippen molar-refractivity contribution in [2.24, 2.45) is 5.92 Å². The van der Waals surface area contributed by atoms with Crippen LogP contribution in [0.4, 0.5) is 0 Å². The molecule has 0 radical (unpaired) electrons. The highest BCUT2D eigenvalue weighted by atomic mass is 16.1. The van der Waals surface area contributed by atoms with Gasteiger partial charge in [0, 0.05) is 19.5 Å². The van der Waals surface area contributed by atoms with Crippen LogP contribution >= 0.6 is 0 Å². The molecular weight excluding hydrogens is 286 g/mol. The SMILES string of the molecule is C/C=C\C(=O)NCCCc1nc2ccccc2n1CCC(C)C. The third-order valence-electron chi connectivity index (χ3n) is 3.86. The number of hydrogen-bond acceptors (Lipinski definition) is 2. The Hall–Kier alpha value is -2.10. The van der Waals surface area contributed by atoms with Gasteiger partial charge < -0.3 is 9.88 Å². The Morgan fingerprint density at radius 3 is 2.87 bits per heavy atom. The minimum absolute atomic E-state index is 0.0270. The fraction of sp³-hybridized carbons (Fsp3) is 0.474. The standard InChI is InChI=1S/C19H27N3O/c1-4-8-19(23)20-13-7-11-18-21-16-9-5-6-10-17(16)22(18)14-12-15(2)3/h4-6,8-10,15H,7,11-14H2,1-3H3,(H,20,23)/b8-4-. The van der Waals surface area contributed by atoms with Crippen LogP contribution in [0.2, 0.25) is 0 Å². The maximum atomic E-state index is 11.4. The number of aromatic nitrogens is 2. The van der Waals surface area contributed by atoms with Gasteiger partial charge in [0.25, 0.3) is 0 Å². The molecule has 0 saturated heterocycles. The van der Waals surface area contributed by atoms with Crippen LogP contribution in [-0.4, -0.2) is 22.0 Å². The van der Waals surface area contributed by atoms with E-state index < -0.39 is 0 Å². The van der Waals surface area contributed by atoms with Crippen LogP contribution in [0, 0.1) is 5.92 Å². The second-order valence-corrected chi connectivity index (χ2v) is 6.25. The molecule has 1 amide bonds. The largest absolute Gasteiger partial charge is 0.353 e. The third-order valence-corrected chi connectivity index (χ3v) is 3.86. The van der Waals surface area contributed by atoms with Gasteiger partial charge in [0.15, 0.2) is 0 Å². The molecule has 0 aliphatic heterocycles. The minimum Gasteiger partial charge on any atom is -0.353 e. The highest BCUT2D eigenvalue weighted by molar-refractivity contribution is 5.87. The van der Waals surface area contributed by atoms with Crippen molar-refractivity contribution in [3.05, 3.63) is 42.2 Å². The Morgan fingerprint density at radius 2 is 2.13 bits per heavy atom. The Labute approximate surface area is 138 Å². The zero-order chi connectivity index (χ0) is 16.7. The van der Waals surface area contributed by atoms with E-state index in [-0.39, 0.29) is 5.91 Å². The second kappa shape index (κ2) is 8.51. The number of hydrogen-bond donors (Lipinski definition) is 1. The molecule has 124 valence electrons. The molecule has 1 aromatic heterocycles. The summed E-state index contributed by atoms with van der Waals surface area (Å²) in [5, 5.41) is 2.89. The lowest BCUT2D eigenvalue weighted by Crippen LogP contribution is -2.22. The van der Waals surface area contributed by atoms with Crippen LogP contribution in [0.1, 0.15) is 39.4 Å². The van der Waals surface area contributed by atoms with E-state index in [9.17, 15) is 4.79 Å². The fourth-order valence-corrected chi connectivity index (χ4v) is 2.62. The molecule has 0 aliphatic rings. The highest BCUT2D eigenvalue weighted by Crippen LogP contribution is 2.18. The number of amides is 1. The van der Waals surface area contributed by atoms with Gasteiger partial charge >= 0.3 is 0 Å². The van der Waals surface area contributed by atoms with Crippen molar-refractivity contribution in [1.29, 1.82) is 0 Å². The van der Waals surface area contributed by atoms with Crippen molar-refractivity contribution < 1.29 is 4.79 Å². The maximum Gasteiger partial charge on any atom is 0.243 e. The molecule has 2 rings (SSSR count). The molecule has 1 N–H and O–H groups in total. The molecule has 23 heavy (non-hydrogen) atoms. The average molecular weight is 313 g/mol. The Bertz CT molecular complexity index is 670. The Morgan fingerprint density at radius 1 is 1.35 bits per heavy atom. The first-order valence-corrected chi connectivity index (χ1v) is 8.46. The number of fused-ring (bicyclic) bond motifs is 1. The first kappa shape index (κ1) is 17.3. The lowest BCUT2D eigenvalue weighted by Gasteiger charge is -2.11. The number of nitrogens with zero attached hydrogens (tertiary/aromatic N) is 2. The summed E-state index contributed by atoms with van der Waals surface area (Å²) < 4.78 is 2.34. The summed E-state index contributed by atoms with van der Waals surface area (Å²) in [5.41, 5.74) is 2.27. The predicted molar refractivity (Wildman–Crippen MR) is 95.3 cm³/mol. The van der Waals surface area contributed by atoms with Crippen LogP contribution in [0.25, 0.3) is 11.0 Å². The van der Waals surface area contributed by atoms with Gasteiger partial charge in [0.05, 0.1) is 11.0 Å². The molecule has 0 unspecified atom stereocenters. The first-order chi connectivity index (χ1) is 11.1. The van der Waals surface area contributed by atoms with E-state index in [0.29, 0.717) is 12.5 Å². The molecule has 0 fully saturated rings. The van der Waals surface area contributed by atoms with Crippen molar-refractivity contribution in [2.75, 3.05) is 6.54 Å². The van der Waals surface area contributed by atoms with E-state index in [1.54, 1.807) is 12.2 Å². The second-order valence-electron chi connectivity index (χ2n) is 6.25. The van der Waals surface area contributed by atoms with Gasteiger partial charge in [-0.25, -0.2) is 4.98 Å². The van der Waals surface area contributed by atoms with E-state index >= 15 is 0 Å². The van der Waals surface area contributed by atoms with Crippen LogP contribution in [0.15, 0.2) is 36.4 Å². The molecule has 0 bridgehead atoms. The topological polar surface area (TPSA) is 46.9 Å². The van der Waals surface area contributed by atoms with Gasteiger partial charge in [-0.1, -0.05) is 32.1 Å². The van der Waals surface area contributed by atoms with E-state index in [4.69, 9.17) is 4.98 Å².